The first-order chi connectivity index (χ1) is 52.4. The topological polar surface area (TPSA) is 174 Å². The highest BCUT2D eigenvalue weighted by molar-refractivity contribution is 6.33. The summed E-state index contributed by atoms with van der Waals surface area (Å²) >= 11 is 20.0. The molecule has 0 bridgehead atoms. The smallest absolute Gasteiger partial charge is 0.255 e. The van der Waals surface area contributed by atoms with Crippen molar-refractivity contribution in [2.45, 2.75) is 202 Å². The third-order valence-electron chi connectivity index (χ3n) is 22.5. The van der Waals surface area contributed by atoms with Gasteiger partial charge in [0.25, 0.3) is 11.1 Å². The van der Waals surface area contributed by atoms with Gasteiger partial charge in [0.05, 0.1) is 16.7 Å². The van der Waals surface area contributed by atoms with E-state index in [1.54, 1.807) is 12.4 Å². The number of hydrogen-bond acceptors (Lipinski definition) is 16. The normalized spacial score (nSPS) is 18.0. The molecule has 2 N–H and O–H groups in total. The molecule has 3 aliphatic rings. The van der Waals surface area contributed by atoms with Crippen LogP contribution in [0.3, 0.4) is 0 Å². The Morgan fingerprint density at radius 3 is 1.01 bits per heavy atom. The maximum Gasteiger partial charge on any atom is 0.255 e. The van der Waals surface area contributed by atoms with Gasteiger partial charge in [-0.1, -0.05) is 65.1 Å². The summed E-state index contributed by atoms with van der Waals surface area (Å²) in [4.78, 5) is 63.4. The van der Waals surface area contributed by atoms with Crippen LogP contribution in [0.15, 0.2) is 131 Å². The van der Waals surface area contributed by atoms with Crippen molar-refractivity contribution in [3.63, 3.8) is 0 Å². The summed E-state index contributed by atoms with van der Waals surface area (Å²) < 4.78 is 24.8. The zero-order chi connectivity index (χ0) is 77.7. The van der Waals surface area contributed by atoms with E-state index in [9.17, 15) is 9.59 Å². The lowest BCUT2D eigenvalue weighted by Gasteiger charge is -2.40. The van der Waals surface area contributed by atoms with Gasteiger partial charge in [-0.15, -0.1) is 0 Å². The van der Waals surface area contributed by atoms with Gasteiger partial charge in [-0.2, -0.15) is 0 Å². The minimum Gasteiger partial charge on any atom is -0.472 e. The third-order valence-corrected chi connectivity index (χ3v) is 23.2. The Morgan fingerprint density at radius 2 is 0.688 bits per heavy atom. The summed E-state index contributed by atoms with van der Waals surface area (Å²) in [7, 11) is 13.1. The van der Waals surface area contributed by atoms with Gasteiger partial charge in [0.1, 0.15) is 26.4 Å². The van der Waals surface area contributed by atoms with Crippen molar-refractivity contribution in [2.75, 3.05) is 76.6 Å². The summed E-state index contributed by atoms with van der Waals surface area (Å²) in [6.07, 6.45) is 19.6. The van der Waals surface area contributed by atoms with Gasteiger partial charge in [-0.25, -0.2) is 19.9 Å². The number of anilines is 3. The average molecular weight is 1540 g/mol. The number of rotatable bonds is 24. The second-order valence-corrected chi connectivity index (χ2v) is 31.7. The van der Waals surface area contributed by atoms with Crippen LogP contribution in [0.25, 0.3) is 32.3 Å². The summed E-state index contributed by atoms with van der Waals surface area (Å²) in [6, 6.07) is 37.7. The molecule has 21 heteroatoms. The van der Waals surface area contributed by atoms with Crippen LogP contribution in [0.2, 0.25) is 15.1 Å². The Bertz CT molecular complexity index is 4670. The number of fused-ring (bicyclic) bond motifs is 3. The van der Waals surface area contributed by atoms with Crippen LogP contribution < -0.4 is 44.8 Å². The molecule has 4 aromatic carbocycles. The largest absolute Gasteiger partial charge is 0.472 e. The maximum absolute atomic E-state index is 12.4. The zero-order valence-corrected chi connectivity index (χ0v) is 68.8. The van der Waals surface area contributed by atoms with Crippen molar-refractivity contribution in [3.8, 4) is 23.5 Å². The number of aromatic amines is 2. The molecule has 0 aliphatic heterocycles. The predicted octanol–water partition coefficient (Wildman–Crippen LogP) is 18.7. The summed E-state index contributed by atoms with van der Waals surface area (Å²) in [5.74, 6) is 2.14. The zero-order valence-electron chi connectivity index (χ0n) is 66.5. The Labute approximate surface area is 659 Å². The fourth-order valence-corrected chi connectivity index (χ4v) is 17.2. The molecule has 18 nitrogen and oxygen atoms in total. The van der Waals surface area contributed by atoms with Gasteiger partial charge in [-0.05, 0) is 277 Å². The number of halogens is 3. The van der Waals surface area contributed by atoms with Crippen LogP contribution in [0.5, 0.6) is 23.5 Å². The van der Waals surface area contributed by atoms with E-state index in [2.05, 4.69) is 155 Å². The van der Waals surface area contributed by atoms with E-state index < -0.39 is 0 Å². The van der Waals surface area contributed by atoms with Crippen LogP contribution in [-0.2, 0) is 26.4 Å². The van der Waals surface area contributed by atoms with Crippen molar-refractivity contribution in [1.82, 2.24) is 44.6 Å². The van der Waals surface area contributed by atoms with Gasteiger partial charge in [0, 0.05) is 156 Å². The van der Waals surface area contributed by atoms with Crippen molar-refractivity contribution >= 4 is 84.2 Å². The van der Waals surface area contributed by atoms with Crippen LogP contribution in [0, 0.1) is 41.5 Å². The van der Waals surface area contributed by atoms with Crippen LogP contribution in [-0.4, -0.2) is 143 Å². The fraction of sp³-hybridized carbons (Fsp3) is 0.455. The molecule has 580 valence electrons. The first-order valence-electron chi connectivity index (χ1n) is 38.8. The molecule has 13 rings (SSSR count). The Hall–Kier alpha value is -8.49. The third kappa shape index (κ3) is 20.0. The number of H-pyrrole nitrogens is 2. The highest BCUT2D eigenvalue weighted by Gasteiger charge is 2.32. The number of nitrogens with zero attached hydrogens (tertiary/aromatic N) is 10. The van der Waals surface area contributed by atoms with Gasteiger partial charge in [-0.3, -0.25) is 9.59 Å². The Balaban J connectivity index is 0.000000163. The number of nitrogens with one attached hydrogen (secondary N) is 2. The van der Waals surface area contributed by atoms with Gasteiger partial charge < -0.3 is 58.3 Å². The predicted molar refractivity (Wildman–Crippen MR) is 449 cm³/mol. The van der Waals surface area contributed by atoms with Gasteiger partial charge in [0.2, 0.25) is 23.5 Å². The Morgan fingerprint density at radius 1 is 0.376 bits per heavy atom. The fourth-order valence-electron chi connectivity index (χ4n) is 16.6. The minimum atomic E-state index is -0.123. The lowest BCUT2D eigenvalue weighted by molar-refractivity contribution is 0.214. The minimum absolute atomic E-state index is 0.123. The van der Waals surface area contributed by atoms with Crippen LogP contribution >= 0.6 is 34.8 Å². The standard InChI is InChI=1S/C34H41ClN4O2.2C27H35ClN4O2/c1-6-39(28-14-12-27(13-15-28)38(4)5)32-20-26(35)19-30-29(32)16-17-36-33(30)41-22-31-23(2)18-24(3)37-34(31)40-21-25-10-8-7-9-11-25;2*1-6-32(21-9-7-20(8-10-21)31(4)5)25-15-19(28)14-23-22(25)11-12-29-27(23)34-16-24-17(2)13-18(3)30-26(24)33/h7-11,16-20,27-28H,6,12-15,21-22H2,1-5H3;2*11-15,20-21H,6-10,16H2,1-5H3,(H,30,33). The van der Waals surface area contributed by atoms with Crippen molar-refractivity contribution in [2.24, 2.45) is 0 Å². The number of hydrogen-bond donors (Lipinski definition) is 2. The Kier molecular flexibility index (Phi) is 28.0. The molecule has 0 unspecified atom stereocenters. The van der Waals surface area contributed by atoms with E-state index in [0.717, 1.165) is 140 Å². The molecule has 6 heterocycles. The van der Waals surface area contributed by atoms with Crippen LogP contribution in [0.4, 0.5) is 17.1 Å². The number of aromatic nitrogens is 6. The highest BCUT2D eigenvalue weighted by Crippen LogP contribution is 2.43. The van der Waals surface area contributed by atoms with E-state index in [4.69, 9.17) is 58.7 Å². The molecule has 0 radical (unpaired) electrons. The van der Waals surface area contributed by atoms with Crippen molar-refractivity contribution in [3.05, 3.63) is 214 Å². The SMILES string of the molecule is CCN(c1cc(Cl)cc2c(OCc3c(C)cc(C)[nH]c3=O)nccc12)C1CCC(N(C)C)CC1.CCN(c1cc(Cl)cc2c(OCc3c(C)cc(C)[nH]c3=O)nccc12)C1CCC(N(C)C)CC1.CCN(c1cc(Cl)cc2c(OCc3c(C)cc(C)nc3OCc3ccccc3)nccc12)C1CCC(N(C)C)CC1. The van der Waals surface area contributed by atoms with E-state index in [-0.39, 0.29) is 24.3 Å². The molecule has 0 saturated heterocycles. The van der Waals surface area contributed by atoms with E-state index >= 15 is 0 Å². The second kappa shape index (κ2) is 37.5. The number of ether oxygens (including phenoxy) is 4. The highest BCUT2D eigenvalue weighted by atomic mass is 35.5. The van der Waals surface area contributed by atoms with E-state index in [0.29, 0.717) is 99.2 Å². The maximum atomic E-state index is 12.4. The summed E-state index contributed by atoms with van der Waals surface area (Å²) in [6.45, 7) is 22.1. The lowest BCUT2D eigenvalue weighted by atomic mass is 9.89. The lowest BCUT2D eigenvalue weighted by Crippen LogP contribution is -2.42. The molecule has 0 amide bonds. The average Bonchev–Trinajstić information content (AvgIpc) is 0.783. The molecule has 0 atom stereocenters. The van der Waals surface area contributed by atoms with Gasteiger partial charge in [0.15, 0.2) is 0 Å². The van der Waals surface area contributed by atoms with Crippen molar-refractivity contribution in [1.29, 1.82) is 0 Å². The molecule has 6 aromatic heterocycles. The number of aryl methyl sites for hydroxylation is 6. The molecular weight excluding hydrogens is 1430 g/mol. The van der Waals surface area contributed by atoms with E-state index in [1.165, 1.54) is 51.4 Å². The summed E-state index contributed by atoms with van der Waals surface area (Å²) in [5.41, 5.74) is 11.8. The monoisotopic (exact) mass is 1540 g/mol. The number of pyridine rings is 6. The molecule has 3 aliphatic carbocycles. The van der Waals surface area contributed by atoms with Gasteiger partial charge >= 0.3 is 0 Å². The first-order valence-corrected chi connectivity index (χ1v) is 40.0. The second-order valence-electron chi connectivity index (χ2n) is 30.4. The van der Waals surface area contributed by atoms with E-state index in [1.807, 2.05) is 114 Å². The molecule has 0 spiro atoms. The quantitative estimate of drug-likeness (QED) is 0.0584. The van der Waals surface area contributed by atoms with Crippen LogP contribution in [0.1, 0.15) is 154 Å². The molecule has 3 saturated carbocycles. The van der Waals surface area contributed by atoms with Crippen molar-refractivity contribution < 1.29 is 18.9 Å². The summed E-state index contributed by atoms with van der Waals surface area (Å²) in [5, 5.41) is 7.90. The molecule has 3 fully saturated rings. The molecular formula is C88H111Cl3N12O6. The molecule has 10 aromatic rings. The molecule has 109 heavy (non-hydrogen) atoms. The number of benzene rings is 4. The first kappa shape index (κ1) is 81.5.